The van der Waals surface area contributed by atoms with Crippen LogP contribution < -0.4 is 5.32 Å². The van der Waals surface area contributed by atoms with Crippen molar-refractivity contribution in [3.8, 4) is 6.07 Å². The molecular weight excluding hydrogens is 336 g/mol. The molecule has 5 nitrogen and oxygen atoms in total. The van der Waals surface area contributed by atoms with Crippen LogP contribution in [0.3, 0.4) is 0 Å². The predicted octanol–water partition coefficient (Wildman–Crippen LogP) is 3.96. The lowest BCUT2D eigenvalue weighted by Crippen LogP contribution is -2.36. The second kappa shape index (κ2) is 7.57. The van der Waals surface area contributed by atoms with Crippen LogP contribution in [0.5, 0.6) is 0 Å². The number of carbonyl (C=O) groups is 2. The predicted molar refractivity (Wildman–Crippen MR) is 96.6 cm³/mol. The Morgan fingerprint density at radius 2 is 2.00 bits per heavy atom. The normalized spacial score (nSPS) is 25.7. The minimum atomic E-state index is -0.892. The van der Waals surface area contributed by atoms with E-state index in [4.69, 9.17) is 0 Å². The van der Waals surface area contributed by atoms with E-state index in [1.807, 2.05) is 0 Å². The number of hydrogen-bond donors (Lipinski definition) is 2. The molecule has 0 saturated heterocycles. The SMILES string of the molecule is CC[C@@H]1CCc2c(sc(NC(=O)[C@H]3CCCC[C@H]3C(=O)O)c2C#N)C1. The van der Waals surface area contributed by atoms with Crippen molar-refractivity contribution in [3.05, 3.63) is 16.0 Å². The number of carboxylic acid groups (broad SMARTS) is 1. The zero-order valence-corrected chi connectivity index (χ0v) is 15.3. The zero-order valence-electron chi connectivity index (χ0n) is 14.5. The first-order chi connectivity index (χ1) is 12.0. The third kappa shape index (κ3) is 3.57. The first kappa shape index (κ1) is 17.9. The number of fused-ring (bicyclic) bond motifs is 1. The number of rotatable bonds is 4. The van der Waals surface area contributed by atoms with E-state index < -0.39 is 17.8 Å². The van der Waals surface area contributed by atoms with Crippen LogP contribution in [0.15, 0.2) is 0 Å². The lowest BCUT2D eigenvalue weighted by atomic mass is 9.78. The Labute approximate surface area is 152 Å². The van der Waals surface area contributed by atoms with E-state index in [1.165, 1.54) is 16.2 Å². The molecule has 6 heteroatoms. The van der Waals surface area contributed by atoms with Gasteiger partial charge in [0.1, 0.15) is 11.1 Å². The number of anilines is 1. The van der Waals surface area contributed by atoms with Crippen molar-refractivity contribution in [3.63, 3.8) is 0 Å². The van der Waals surface area contributed by atoms with Gasteiger partial charge in [0.2, 0.25) is 5.91 Å². The van der Waals surface area contributed by atoms with Crippen LogP contribution in [0.1, 0.15) is 61.5 Å². The number of carboxylic acids is 1. The zero-order chi connectivity index (χ0) is 18.0. The summed E-state index contributed by atoms with van der Waals surface area (Å²) in [4.78, 5) is 25.4. The number of hydrogen-bond acceptors (Lipinski definition) is 4. The number of nitrogens with one attached hydrogen (secondary N) is 1. The van der Waals surface area contributed by atoms with Gasteiger partial charge in [-0.2, -0.15) is 5.26 Å². The molecule has 3 atom stereocenters. The molecule has 1 saturated carbocycles. The molecule has 0 aliphatic heterocycles. The van der Waals surface area contributed by atoms with Crippen molar-refractivity contribution in [1.29, 1.82) is 5.26 Å². The van der Waals surface area contributed by atoms with E-state index in [2.05, 4.69) is 18.3 Å². The third-order valence-corrected chi connectivity index (χ3v) is 6.88. The Hall–Kier alpha value is -1.87. The Morgan fingerprint density at radius 3 is 2.64 bits per heavy atom. The molecule has 1 fully saturated rings. The van der Waals surface area contributed by atoms with Gasteiger partial charge in [-0.1, -0.05) is 26.2 Å². The molecule has 1 heterocycles. The molecule has 1 aromatic rings. The van der Waals surface area contributed by atoms with E-state index >= 15 is 0 Å². The van der Waals surface area contributed by atoms with Crippen LogP contribution in [0.2, 0.25) is 0 Å². The monoisotopic (exact) mass is 360 g/mol. The summed E-state index contributed by atoms with van der Waals surface area (Å²) in [6.07, 6.45) is 6.98. The van der Waals surface area contributed by atoms with Gasteiger partial charge in [0.15, 0.2) is 0 Å². The Bertz CT molecular complexity index is 719. The number of carbonyl (C=O) groups excluding carboxylic acids is 1. The molecule has 2 aliphatic carbocycles. The molecule has 134 valence electrons. The highest BCUT2D eigenvalue weighted by Crippen LogP contribution is 2.41. The molecule has 0 aromatic carbocycles. The Morgan fingerprint density at radius 1 is 1.28 bits per heavy atom. The van der Waals surface area contributed by atoms with Crippen molar-refractivity contribution in [2.24, 2.45) is 17.8 Å². The van der Waals surface area contributed by atoms with Gasteiger partial charge >= 0.3 is 5.97 Å². The van der Waals surface area contributed by atoms with Crippen molar-refractivity contribution in [2.45, 2.75) is 58.3 Å². The van der Waals surface area contributed by atoms with Gasteiger partial charge in [-0.05, 0) is 43.6 Å². The highest BCUT2D eigenvalue weighted by Gasteiger charge is 2.36. The second-order valence-corrected chi connectivity index (χ2v) is 8.27. The number of amides is 1. The summed E-state index contributed by atoms with van der Waals surface area (Å²) in [6.45, 7) is 2.19. The number of nitrogens with zero attached hydrogens (tertiary/aromatic N) is 1. The highest BCUT2D eigenvalue weighted by molar-refractivity contribution is 7.16. The summed E-state index contributed by atoms with van der Waals surface area (Å²) in [6, 6.07) is 2.26. The molecule has 1 aromatic heterocycles. The third-order valence-electron chi connectivity index (χ3n) is 5.71. The van der Waals surface area contributed by atoms with Crippen molar-refractivity contribution in [2.75, 3.05) is 5.32 Å². The summed E-state index contributed by atoms with van der Waals surface area (Å²) in [5.41, 5.74) is 1.68. The smallest absolute Gasteiger partial charge is 0.307 e. The van der Waals surface area contributed by atoms with Crippen LogP contribution in [0.4, 0.5) is 5.00 Å². The van der Waals surface area contributed by atoms with E-state index in [0.717, 1.165) is 44.1 Å². The molecule has 0 bridgehead atoms. The number of aliphatic carboxylic acids is 1. The number of nitriles is 1. The standard InChI is InChI=1S/C19H24N2O3S/c1-2-11-7-8-12-15(10-20)18(25-16(12)9-11)21-17(22)13-5-3-4-6-14(13)19(23)24/h11,13-14H,2-9H2,1H3,(H,21,22)(H,23,24)/t11-,13+,14-/m1/s1. The first-order valence-electron chi connectivity index (χ1n) is 9.13. The maximum Gasteiger partial charge on any atom is 0.307 e. The summed E-state index contributed by atoms with van der Waals surface area (Å²) < 4.78 is 0. The summed E-state index contributed by atoms with van der Waals surface area (Å²) in [7, 11) is 0. The van der Waals surface area contributed by atoms with Crippen LogP contribution in [-0.2, 0) is 22.4 Å². The number of thiophene rings is 1. The first-order valence-corrected chi connectivity index (χ1v) is 9.95. The maximum absolute atomic E-state index is 12.7. The van der Waals surface area contributed by atoms with Gasteiger partial charge in [-0.15, -0.1) is 11.3 Å². The molecule has 2 aliphatic rings. The van der Waals surface area contributed by atoms with Crippen molar-refractivity contribution >= 4 is 28.2 Å². The topological polar surface area (TPSA) is 90.2 Å². The van der Waals surface area contributed by atoms with E-state index in [1.54, 1.807) is 0 Å². The molecule has 0 radical (unpaired) electrons. The molecule has 3 rings (SSSR count). The van der Waals surface area contributed by atoms with E-state index in [9.17, 15) is 20.0 Å². The highest BCUT2D eigenvalue weighted by atomic mass is 32.1. The van der Waals surface area contributed by atoms with Crippen LogP contribution >= 0.6 is 11.3 Å². The fraction of sp³-hybridized carbons (Fsp3) is 0.632. The van der Waals surface area contributed by atoms with Crippen molar-refractivity contribution < 1.29 is 14.7 Å². The molecule has 1 amide bonds. The minimum absolute atomic E-state index is 0.241. The summed E-state index contributed by atoms with van der Waals surface area (Å²) in [5, 5.41) is 22.5. The largest absolute Gasteiger partial charge is 0.481 e. The van der Waals surface area contributed by atoms with Gasteiger partial charge in [-0.25, -0.2) is 0 Å². The summed E-state index contributed by atoms with van der Waals surface area (Å²) in [5.74, 6) is -1.60. The minimum Gasteiger partial charge on any atom is -0.481 e. The quantitative estimate of drug-likeness (QED) is 0.850. The fourth-order valence-electron chi connectivity index (χ4n) is 4.15. The molecule has 25 heavy (non-hydrogen) atoms. The van der Waals surface area contributed by atoms with Gasteiger partial charge < -0.3 is 10.4 Å². The van der Waals surface area contributed by atoms with Crippen LogP contribution in [-0.4, -0.2) is 17.0 Å². The average Bonchev–Trinajstić information content (AvgIpc) is 2.97. The van der Waals surface area contributed by atoms with E-state index in [0.29, 0.717) is 29.3 Å². The lowest BCUT2D eigenvalue weighted by molar-refractivity contribution is -0.147. The van der Waals surface area contributed by atoms with Gasteiger partial charge in [-0.3, -0.25) is 9.59 Å². The maximum atomic E-state index is 12.7. The molecule has 0 spiro atoms. The summed E-state index contributed by atoms with van der Waals surface area (Å²) >= 11 is 1.51. The van der Waals surface area contributed by atoms with E-state index in [-0.39, 0.29) is 5.91 Å². The Balaban J connectivity index is 1.81. The van der Waals surface area contributed by atoms with Crippen LogP contribution in [0.25, 0.3) is 0 Å². The molecule has 2 N–H and O–H groups in total. The average molecular weight is 360 g/mol. The van der Waals surface area contributed by atoms with Gasteiger partial charge in [0, 0.05) is 4.88 Å². The van der Waals surface area contributed by atoms with Gasteiger partial charge in [0.05, 0.1) is 17.4 Å². The molecular formula is C19H24N2O3S. The Kier molecular flexibility index (Phi) is 5.43. The second-order valence-electron chi connectivity index (χ2n) is 7.16. The fourth-order valence-corrected chi connectivity index (χ4v) is 5.47. The van der Waals surface area contributed by atoms with Gasteiger partial charge in [0.25, 0.3) is 0 Å². The molecule has 0 unspecified atom stereocenters. The van der Waals surface area contributed by atoms with Crippen LogP contribution in [0, 0.1) is 29.1 Å². The lowest BCUT2D eigenvalue weighted by Gasteiger charge is -2.27. The van der Waals surface area contributed by atoms with Crippen molar-refractivity contribution in [1.82, 2.24) is 0 Å².